The van der Waals surface area contributed by atoms with Crippen molar-refractivity contribution in [1.82, 2.24) is 4.98 Å². The molecular formula is C15H18BrFN2. The Bertz CT molecular complexity index is 596. The van der Waals surface area contributed by atoms with Crippen molar-refractivity contribution in [3.63, 3.8) is 0 Å². The Hall–Kier alpha value is -1.16. The molecule has 2 rings (SSSR count). The predicted octanol–water partition coefficient (Wildman–Crippen LogP) is 4.77. The molecule has 0 aliphatic heterocycles. The molecule has 0 amide bonds. The van der Waals surface area contributed by atoms with Crippen LogP contribution in [0, 0.1) is 11.7 Å². The van der Waals surface area contributed by atoms with E-state index in [9.17, 15) is 4.39 Å². The van der Waals surface area contributed by atoms with E-state index in [-0.39, 0.29) is 5.82 Å². The number of benzene rings is 1. The van der Waals surface area contributed by atoms with Crippen LogP contribution >= 0.6 is 15.9 Å². The van der Waals surface area contributed by atoms with Gasteiger partial charge in [-0.2, -0.15) is 0 Å². The number of anilines is 1. The maximum Gasteiger partial charge on any atom is 0.149 e. The monoisotopic (exact) mass is 324 g/mol. The molecule has 0 radical (unpaired) electrons. The third-order valence-corrected chi connectivity index (χ3v) is 3.56. The van der Waals surface area contributed by atoms with Crippen LogP contribution in [-0.2, 0) is 6.42 Å². The molecule has 0 bridgehead atoms. The van der Waals surface area contributed by atoms with E-state index in [4.69, 9.17) is 0 Å². The lowest BCUT2D eigenvalue weighted by Gasteiger charge is -2.13. The van der Waals surface area contributed by atoms with Gasteiger partial charge in [-0.05, 0) is 37.5 Å². The highest BCUT2D eigenvalue weighted by Crippen LogP contribution is 2.32. The van der Waals surface area contributed by atoms with Gasteiger partial charge < -0.3 is 5.32 Å². The highest BCUT2D eigenvalue weighted by Gasteiger charge is 2.13. The van der Waals surface area contributed by atoms with E-state index in [2.05, 4.69) is 40.1 Å². The van der Waals surface area contributed by atoms with Crippen molar-refractivity contribution < 1.29 is 4.39 Å². The number of hydrogen-bond donors (Lipinski definition) is 1. The minimum Gasteiger partial charge on any atom is -0.385 e. The van der Waals surface area contributed by atoms with E-state index >= 15 is 0 Å². The zero-order chi connectivity index (χ0) is 14.0. The molecule has 0 saturated heterocycles. The Balaban J connectivity index is 2.68. The number of rotatable bonds is 4. The molecule has 19 heavy (non-hydrogen) atoms. The molecule has 0 unspecified atom stereocenters. The van der Waals surface area contributed by atoms with Gasteiger partial charge in [0.1, 0.15) is 11.3 Å². The molecular weight excluding hydrogens is 307 g/mol. The normalized spacial score (nSPS) is 11.3. The number of fused-ring (bicyclic) bond motifs is 1. The largest absolute Gasteiger partial charge is 0.385 e. The summed E-state index contributed by atoms with van der Waals surface area (Å²) in [5, 5.41) is 4.11. The molecule has 0 aliphatic rings. The van der Waals surface area contributed by atoms with E-state index in [1.54, 1.807) is 6.07 Å². The molecule has 2 aromatic rings. The molecule has 4 heteroatoms. The van der Waals surface area contributed by atoms with Crippen molar-refractivity contribution in [3.05, 3.63) is 34.2 Å². The summed E-state index contributed by atoms with van der Waals surface area (Å²) in [6.45, 7) is 7.09. The first-order valence-corrected chi connectivity index (χ1v) is 7.33. The van der Waals surface area contributed by atoms with E-state index in [1.807, 2.05) is 13.0 Å². The summed E-state index contributed by atoms with van der Waals surface area (Å²) >= 11 is 3.48. The fourth-order valence-electron chi connectivity index (χ4n) is 2.17. The zero-order valence-corrected chi connectivity index (χ0v) is 13.0. The Morgan fingerprint density at radius 3 is 2.74 bits per heavy atom. The molecule has 0 aliphatic carbocycles. The highest BCUT2D eigenvalue weighted by molar-refractivity contribution is 9.10. The molecule has 2 nitrogen and oxygen atoms in total. The van der Waals surface area contributed by atoms with Gasteiger partial charge in [-0.1, -0.05) is 29.8 Å². The molecule has 1 N–H and O–H groups in total. The second kappa shape index (κ2) is 5.87. The molecule has 0 saturated carbocycles. The third-order valence-electron chi connectivity index (χ3n) is 2.90. The van der Waals surface area contributed by atoms with Gasteiger partial charge in [-0.15, -0.1) is 0 Å². The van der Waals surface area contributed by atoms with Gasteiger partial charge in [0.15, 0.2) is 0 Å². The van der Waals surface area contributed by atoms with Gasteiger partial charge in [-0.25, -0.2) is 9.37 Å². The molecule has 1 aromatic heterocycles. The van der Waals surface area contributed by atoms with Crippen molar-refractivity contribution >= 4 is 32.5 Å². The van der Waals surface area contributed by atoms with E-state index in [0.717, 1.165) is 34.2 Å². The van der Waals surface area contributed by atoms with Crippen LogP contribution in [0.5, 0.6) is 0 Å². The van der Waals surface area contributed by atoms with Crippen LogP contribution in [0.1, 0.15) is 26.5 Å². The van der Waals surface area contributed by atoms with Crippen molar-refractivity contribution in [1.29, 1.82) is 0 Å². The van der Waals surface area contributed by atoms with Crippen LogP contribution in [0.2, 0.25) is 0 Å². The van der Waals surface area contributed by atoms with Crippen molar-refractivity contribution in [2.45, 2.75) is 27.2 Å². The molecule has 0 atom stereocenters. The quantitative estimate of drug-likeness (QED) is 0.876. The number of pyridine rings is 1. The van der Waals surface area contributed by atoms with Crippen molar-refractivity contribution in [2.75, 3.05) is 11.9 Å². The SMILES string of the molecule is CCNc1cc(CC(C)C)nc2c(F)ccc(Br)c12. The Labute approximate surface area is 121 Å². The van der Waals surface area contributed by atoms with E-state index in [1.165, 1.54) is 6.07 Å². The van der Waals surface area contributed by atoms with Crippen LogP contribution in [0.25, 0.3) is 10.9 Å². The first kappa shape index (κ1) is 14.3. The molecule has 0 fully saturated rings. The first-order chi connectivity index (χ1) is 9.02. The summed E-state index contributed by atoms with van der Waals surface area (Å²) in [7, 11) is 0. The summed E-state index contributed by atoms with van der Waals surface area (Å²) in [6, 6.07) is 5.20. The summed E-state index contributed by atoms with van der Waals surface area (Å²) in [6.07, 6.45) is 0.848. The maximum absolute atomic E-state index is 14.0. The number of nitrogens with one attached hydrogen (secondary N) is 1. The first-order valence-electron chi connectivity index (χ1n) is 6.54. The topological polar surface area (TPSA) is 24.9 Å². The lowest BCUT2D eigenvalue weighted by Crippen LogP contribution is -2.04. The summed E-state index contributed by atoms with van der Waals surface area (Å²) in [4.78, 5) is 4.47. The maximum atomic E-state index is 14.0. The minimum atomic E-state index is -0.275. The predicted molar refractivity (Wildman–Crippen MR) is 82.1 cm³/mol. The average Bonchev–Trinajstić information content (AvgIpc) is 2.33. The van der Waals surface area contributed by atoms with Gasteiger partial charge in [0.05, 0.1) is 0 Å². The summed E-state index contributed by atoms with van der Waals surface area (Å²) < 4.78 is 14.9. The highest BCUT2D eigenvalue weighted by atomic mass is 79.9. The molecule has 0 spiro atoms. The number of halogens is 2. The molecule has 102 valence electrons. The standard InChI is InChI=1S/C15H18BrFN2/c1-4-18-13-8-10(7-9(2)3)19-15-12(17)6-5-11(16)14(13)15/h5-6,8-9H,4,7H2,1-3H3,(H,18,19). The fourth-order valence-corrected chi connectivity index (χ4v) is 2.71. The number of aromatic nitrogens is 1. The molecule has 1 heterocycles. The van der Waals surface area contributed by atoms with Crippen molar-refractivity contribution in [2.24, 2.45) is 5.92 Å². The average molecular weight is 325 g/mol. The number of hydrogen-bond acceptors (Lipinski definition) is 2. The second-order valence-electron chi connectivity index (χ2n) is 5.04. The third kappa shape index (κ3) is 3.06. The summed E-state index contributed by atoms with van der Waals surface area (Å²) in [5.41, 5.74) is 2.30. The van der Waals surface area contributed by atoms with Gasteiger partial charge in [-0.3, -0.25) is 0 Å². The number of nitrogens with zero attached hydrogens (tertiary/aromatic N) is 1. The van der Waals surface area contributed by atoms with Crippen LogP contribution < -0.4 is 5.32 Å². The van der Waals surface area contributed by atoms with Crippen LogP contribution in [0.4, 0.5) is 10.1 Å². The Morgan fingerprint density at radius 1 is 1.37 bits per heavy atom. The van der Waals surface area contributed by atoms with Gasteiger partial charge in [0.25, 0.3) is 0 Å². The lowest BCUT2D eigenvalue weighted by atomic mass is 10.1. The summed E-state index contributed by atoms with van der Waals surface area (Å²) in [5.74, 6) is 0.220. The van der Waals surface area contributed by atoms with Gasteiger partial charge in [0.2, 0.25) is 0 Å². The van der Waals surface area contributed by atoms with Crippen LogP contribution in [0.3, 0.4) is 0 Å². The lowest BCUT2D eigenvalue weighted by molar-refractivity contribution is 0.625. The zero-order valence-electron chi connectivity index (χ0n) is 11.4. The van der Waals surface area contributed by atoms with Crippen molar-refractivity contribution in [3.8, 4) is 0 Å². The van der Waals surface area contributed by atoms with E-state index < -0.39 is 0 Å². The second-order valence-corrected chi connectivity index (χ2v) is 5.90. The van der Waals surface area contributed by atoms with Crippen LogP contribution in [-0.4, -0.2) is 11.5 Å². The van der Waals surface area contributed by atoms with Crippen LogP contribution in [0.15, 0.2) is 22.7 Å². The van der Waals surface area contributed by atoms with E-state index in [0.29, 0.717) is 11.4 Å². The fraction of sp³-hybridized carbons (Fsp3) is 0.400. The molecule has 1 aromatic carbocycles. The Morgan fingerprint density at radius 2 is 2.11 bits per heavy atom. The van der Waals surface area contributed by atoms with Gasteiger partial charge in [0, 0.05) is 27.8 Å². The van der Waals surface area contributed by atoms with Gasteiger partial charge >= 0.3 is 0 Å². The smallest absolute Gasteiger partial charge is 0.149 e. The minimum absolute atomic E-state index is 0.275. The Kier molecular flexibility index (Phi) is 4.40.